The maximum atomic E-state index is 11.4. The molecule has 0 radical (unpaired) electrons. The van der Waals surface area contributed by atoms with E-state index in [0.717, 1.165) is 18.9 Å². The molecule has 1 unspecified atom stereocenters. The Morgan fingerprint density at radius 1 is 1.14 bits per heavy atom. The fraction of sp³-hybridized carbons (Fsp3) is 0.706. The van der Waals surface area contributed by atoms with Crippen LogP contribution in [0.3, 0.4) is 0 Å². The molecule has 0 bridgehead atoms. The highest BCUT2D eigenvalue weighted by Gasteiger charge is 2.13. The van der Waals surface area contributed by atoms with E-state index < -0.39 is 12.1 Å². The molecule has 0 spiro atoms. The summed E-state index contributed by atoms with van der Waals surface area (Å²) in [5.74, 6) is -0.862. The summed E-state index contributed by atoms with van der Waals surface area (Å²) >= 11 is 0. The lowest BCUT2D eigenvalue weighted by Gasteiger charge is -2.10. The number of nitrogens with zero attached hydrogens (tertiary/aromatic N) is 2. The average molecular weight is 306 g/mol. The van der Waals surface area contributed by atoms with Gasteiger partial charge >= 0.3 is 5.97 Å². The minimum Gasteiger partial charge on any atom is -0.459 e. The summed E-state index contributed by atoms with van der Waals surface area (Å²) in [7, 11) is 0. The molecule has 1 N–H and O–H groups in total. The molecule has 0 heterocycles. The van der Waals surface area contributed by atoms with Gasteiger partial charge in [0.2, 0.25) is 0 Å². The van der Waals surface area contributed by atoms with Crippen molar-refractivity contribution in [3.05, 3.63) is 11.6 Å². The number of aliphatic hydroxyl groups is 1. The highest BCUT2D eigenvalue weighted by atomic mass is 16.5. The second kappa shape index (κ2) is 14.1. The Morgan fingerprint density at radius 3 is 2.27 bits per heavy atom. The second-order valence-electron chi connectivity index (χ2n) is 5.31. The van der Waals surface area contributed by atoms with E-state index in [9.17, 15) is 9.90 Å². The molecule has 5 heteroatoms. The van der Waals surface area contributed by atoms with E-state index in [4.69, 9.17) is 15.3 Å². The van der Waals surface area contributed by atoms with Gasteiger partial charge < -0.3 is 9.84 Å². The molecule has 0 aromatic rings. The van der Waals surface area contributed by atoms with Crippen LogP contribution in [-0.2, 0) is 9.53 Å². The summed E-state index contributed by atoms with van der Waals surface area (Å²) < 4.78 is 4.80. The number of aliphatic hydroxyl groups excluding tert-OH is 1. The Bertz CT molecular complexity index is 419. The Labute approximate surface area is 133 Å². The lowest BCUT2D eigenvalue weighted by atomic mass is 10.1. The van der Waals surface area contributed by atoms with E-state index >= 15 is 0 Å². The number of ether oxygens (including phenoxy) is 1. The number of hydrogen-bond donors (Lipinski definition) is 1. The van der Waals surface area contributed by atoms with Crippen molar-refractivity contribution in [3.8, 4) is 12.1 Å². The molecule has 0 amide bonds. The lowest BCUT2D eigenvalue weighted by molar-refractivity contribution is -0.141. The van der Waals surface area contributed by atoms with Crippen molar-refractivity contribution in [1.29, 1.82) is 10.5 Å². The van der Waals surface area contributed by atoms with Crippen LogP contribution in [-0.4, -0.2) is 23.8 Å². The first-order valence-electron chi connectivity index (χ1n) is 8.00. The minimum atomic E-state index is -0.862. The summed E-state index contributed by atoms with van der Waals surface area (Å²) in [6.45, 7) is 2.06. The summed E-state index contributed by atoms with van der Waals surface area (Å²) in [5, 5.41) is 26.7. The van der Waals surface area contributed by atoms with Crippen LogP contribution in [0, 0.1) is 22.7 Å². The van der Waals surface area contributed by atoms with E-state index in [2.05, 4.69) is 6.92 Å². The van der Waals surface area contributed by atoms with Crippen LogP contribution in [0.25, 0.3) is 0 Å². The van der Waals surface area contributed by atoms with Gasteiger partial charge in [0.05, 0.1) is 12.2 Å². The van der Waals surface area contributed by atoms with Crippen LogP contribution in [0.1, 0.15) is 64.7 Å². The molecular weight excluding hydrogens is 280 g/mol. The summed E-state index contributed by atoms with van der Waals surface area (Å²) in [6, 6.07) is 3.20. The summed E-state index contributed by atoms with van der Waals surface area (Å²) in [4.78, 5) is 11.4. The van der Waals surface area contributed by atoms with E-state index in [0.29, 0.717) is 6.42 Å². The van der Waals surface area contributed by atoms with Crippen molar-refractivity contribution in [2.75, 3.05) is 6.61 Å². The first-order chi connectivity index (χ1) is 10.7. The second-order valence-corrected chi connectivity index (χ2v) is 5.31. The maximum Gasteiger partial charge on any atom is 0.349 e. The van der Waals surface area contributed by atoms with Gasteiger partial charge in [-0.3, -0.25) is 0 Å². The standard InChI is InChI=1S/C17H26N2O3/c1-2-3-4-5-6-7-8-9-10-16(20)14-22-17(21)15(13-19)11-12-18/h11,16,20H,2-10,14H2,1H3. The Balaban J connectivity index is 3.64. The molecule has 0 rings (SSSR count). The number of nitriles is 2. The van der Waals surface area contributed by atoms with Crippen molar-refractivity contribution in [3.63, 3.8) is 0 Å². The first-order valence-corrected chi connectivity index (χ1v) is 8.00. The number of rotatable bonds is 12. The third-order valence-electron chi connectivity index (χ3n) is 3.35. The van der Waals surface area contributed by atoms with Crippen LogP contribution < -0.4 is 0 Å². The molecule has 22 heavy (non-hydrogen) atoms. The molecule has 0 aromatic carbocycles. The van der Waals surface area contributed by atoms with E-state index in [-0.39, 0.29) is 12.2 Å². The largest absolute Gasteiger partial charge is 0.459 e. The van der Waals surface area contributed by atoms with Crippen molar-refractivity contribution in [2.24, 2.45) is 0 Å². The van der Waals surface area contributed by atoms with Crippen LogP contribution in [0.2, 0.25) is 0 Å². The fourth-order valence-electron chi connectivity index (χ4n) is 2.05. The predicted molar refractivity (Wildman–Crippen MR) is 83.5 cm³/mol. The van der Waals surface area contributed by atoms with Gasteiger partial charge in [-0.15, -0.1) is 0 Å². The Morgan fingerprint density at radius 2 is 1.73 bits per heavy atom. The zero-order valence-electron chi connectivity index (χ0n) is 13.4. The van der Waals surface area contributed by atoms with Crippen molar-refractivity contribution in [1.82, 2.24) is 0 Å². The molecule has 1 atom stereocenters. The molecule has 122 valence electrons. The number of unbranched alkanes of at least 4 members (excludes halogenated alkanes) is 7. The van der Waals surface area contributed by atoms with Crippen molar-refractivity contribution < 1.29 is 14.6 Å². The minimum absolute atomic E-state index is 0.139. The molecule has 0 aliphatic rings. The van der Waals surface area contributed by atoms with Gasteiger partial charge in [0, 0.05) is 6.08 Å². The van der Waals surface area contributed by atoms with Gasteiger partial charge in [0.25, 0.3) is 0 Å². The van der Waals surface area contributed by atoms with E-state index in [1.54, 1.807) is 12.1 Å². The number of allylic oxidation sites excluding steroid dienone is 1. The molecule has 0 aliphatic carbocycles. The molecule has 0 saturated heterocycles. The quantitative estimate of drug-likeness (QED) is 0.258. The summed E-state index contributed by atoms with van der Waals surface area (Å²) in [6.07, 6.45) is 10.2. The van der Waals surface area contributed by atoms with Crippen LogP contribution in [0.5, 0.6) is 0 Å². The molecular formula is C17H26N2O3. The maximum absolute atomic E-state index is 11.4. The van der Waals surface area contributed by atoms with Gasteiger partial charge in [-0.2, -0.15) is 10.5 Å². The average Bonchev–Trinajstić information content (AvgIpc) is 2.52. The van der Waals surface area contributed by atoms with Crippen molar-refractivity contribution >= 4 is 5.97 Å². The van der Waals surface area contributed by atoms with Gasteiger partial charge in [0.15, 0.2) is 0 Å². The summed E-state index contributed by atoms with van der Waals surface area (Å²) in [5.41, 5.74) is -0.346. The molecule has 0 saturated carbocycles. The predicted octanol–water partition coefficient (Wildman–Crippen LogP) is 3.39. The lowest BCUT2D eigenvalue weighted by Crippen LogP contribution is -2.19. The van der Waals surface area contributed by atoms with Crippen molar-refractivity contribution in [2.45, 2.75) is 70.8 Å². The zero-order chi connectivity index (χ0) is 16.6. The van der Waals surface area contributed by atoms with Crippen LogP contribution >= 0.6 is 0 Å². The van der Waals surface area contributed by atoms with Gasteiger partial charge in [-0.25, -0.2) is 4.79 Å². The molecule has 5 nitrogen and oxygen atoms in total. The fourth-order valence-corrected chi connectivity index (χ4v) is 2.05. The Kier molecular flexibility index (Phi) is 12.9. The highest BCUT2D eigenvalue weighted by Crippen LogP contribution is 2.11. The monoisotopic (exact) mass is 306 g/mol. The highest BCUT2D eigenvalue weighted by molar-refractivity contribution is 5.93. The molecule has 0 fully saturated rings. The SMILES string of the molecule is CCCCCCCCCCC(O)COC(=O)C(C#N)=CC#N. The first kappa shape index (κ1) is 20.1. The van der Waals surface area contributed by atoms with Crippen LogP contribution in [0.4, 0.5) is 0 Å². The third-order valence-corrected chi connectivity index (χ3v) is 3.35. The Hall–Kier alpha value is -1.85. The number of hydrogen-bond acceptors (Lipinski definition) is 5. The van der Waals surface area contributed by atoms with E-state index in [1.807, 2.05) is 0 Å². The van der Waals surface area contributed by atoms with Gasteiger partial charge in [-0.05, 0) is 6.42 Å². The topological polar surface area (TPSA) is 94.1 Å². The van der Waals surface area contributed by atoms with Crippen LogP contribution in [0.15, 0.2) is 11.6 Å². The third kappa shape index (κ3) is 10.9. The smallest absolute Gasteiger partial charge is 0.349 e. The normalized spacial score (nSPS) is 12.3. The van der Waals surface area contributed by atoms with Gasteiger partial charge in [0.1, 0.15) is 18.2 Å². The van der Waals surface area contributed by atoms with Gasteiger partial charge in [-0.1, -0.05) is 58.3 Å². The molecule has 0 aliphatic heterocycles. The van der Waals surface area contributed by atoms with E-state index in [1.165, 1.54) is 38.5 Å². The number of esters is 1. The number of carbonyl (C=O) groups is 1. The zero-order valence-corrected chi connectivity index (χ0v) is 13.4. The molecule has 0 aromatic heterocycles. The number of carbonyl (C=O) groups excluding carboxylic acids is 1.